The van der Waals surface area contributed by atoms with E-state index in [1.807, 2.05) is 24.3 Å². The van der Waals surface area contributed by atoms with Crippen LogP contribution in [0.15, 0.2) is 102 Å². The Morgan fingerprint density at radius 3 is 2.12 bits per heavy atom. The number of esters is 2. The number of sulfonamides is 1. The molecular weight excluding hydrogens is 682 g/mol. The van der Waals surface area contributed by atoms with Gasteiger partial charge in [0.1, 0.15) is 25.3 Å². The minimum atomic E-state index is -4.43. The van der Waals surface area contributed by atoms with Gasteiger partial charge in [0, 0.05) is 11.4 Å². The number of amides is 2. The summed E-state index contributed by atoms with van der Waals surface area (Å²) in [6, 6.07) is 24.4. The Balaban J connectivity index is 1.37. The van der Waals surface area contributed by atoms with E-state index in [4.69, 9.17) is 21.1 Å². The van der Waals surface area contributed by atoms with E-state index in [0.29, 0.717) is 21.7 Å². The van der Waals surface area contributed by atoms with Crippen molar-refractivity contribution < 1.29 is 37.1 Å². The summed E-state index contributed by atoms with van der Waals surface area (Å²) in [6.07, 6.45) is -1.05. The van der Waals surface area contributed by atoms with Gasteiger partial charge in [-0.15, -0.1) is 0 Å². The average molecular weight is 718 g/mol. The number of halogens is 1. The normalized spacial score (nSPS) is 14.6. The fourth-order valence-electron chi connectivity index (χ4n) is 5.45. The molecule has 1 aliphatic rings. The molecule has 4 aromatic carbocycles. The largest absolute Gasteiger partial charge is 0.461 e. The third-order valence-corrected chi connectivity index (χ3v) is 10.5. The lowest BCUT2D eigenvalue weighted by Crippen LogP contribution is -2.54. The molecule has 0 fully saturated rings. The molecule has 50 heavy (non-hydrogen) atoms. The number of carbonyl (C=O) groups excluding carboxylic acids is 4. The maximum Gasteiger partial charge on any atom is 0.328 e. The van der Waals surface area contributed by atoms with Crippen molar-refractivity contribution in [2.75, 3.05) is 9.62 Å². The third-order valence-electron chi connectivity index (χ3n) is 8.08. The number of ether oxygens (including phenoxy) is 2. The van der Waals surface area contributed by atoms with Crippen molar-refractivity contribution in [1.82, 2.24) is 5.32 Å². The van der Waals surface area contributed by atoms with Gasteiger partial charge in [0.15, 0.2) is 0 Å². The molecule has 0 bridgehead atoms. The number of hydrogen-bond acceptors (Lipinski definition) is 8. The van der Waals surface area contributed by atoms with Crippen molar-refractivity contribution in [2.24, 2.45) is 0 Å². The fourth-order valence-corrected chi connectivity index (χ4v) is 7.60. The molecule has 11 nitrogen and oxygen atoms in total. The van der Waals surface area contributed by atoms with Crippen molar-refractivity contribution in [2.45, 2.75) is 63.3 Å². The zero-order valence-corrected chi connectivity index (χ0v) is 29.0. The van der Waals surface area contributed by atoms with Crippen molar-refractivity contribution in [3.63, 3.8) is 0 Å². The molecule has 2 atom stereocenters. The molecule has 2 unspecified atom stereocenters. The number of rotatable bonds is 13. The van der Waals surface area contributed by atoms with Gasteiger partial charge < -0.3 is 20.1 Å². The van der Waals surface area contributed by atoms with Crippen LogP contribution in [-0.4, -0.2) is 44.3 Å². The lowest BCUT2D eigenvalue weighted by molar-refractivity contribution is -0.150. The quantitative estimate of drug-likeness (QED) is 0.170. The smallest absolute Gasteiger partial charge is 0.328 e. The summed E-state index contributed by atoms with van der Waals surface area (Å²) < 4.78 is 40.4. The Labute approximate surface area is 295 Å². The van der Waals surface area contributed by atoms with Crippen LogP contribution in [0.25, 0.3) is 0 Å². The van der Waals surface area contributed by atoms with Crippen molar-refractivity contribution in [3.05, 3.63) is 124 Å². The molecule has 13 heteroatoms. The Bertz CT molecular complexity index is 1990. The second kappa shape index (κ2) is 16.0. The first-order valence-electron chi connectivity index (χ1n) is 15.8. The molecule has 1 aliphatic heterocycles. The van der Waals surface area contributed by atoms with E-state index >= 15 is 0 Å². The maximum atomic E-state index is 14.3. The van der Waals surface area contributed by atoms with Gasteiger partial charge in [0.2, 0.25) is 11.8 Å². The standard InChI is InChI=1S/C37H36ClN3O8S/c1-24-20-33(25(2)19-28(24)38)50(46,47)41-31-16-10-9-15-29(31)40-36(44)32(41)21-34(42)39-30(37(45)49-23-27-13-7-4-8-14-27)17-18-35(43)48-22-26-11-5-3-6-12-26/h3-16,19-20,30,32H,17-18,21-23H2,1-2H3,(H,39,42)(H,40,44). The van der Waals surface area contributed by atoms with Gasteiger partial charge in [-0.05, 0) is 66.8 Å². The van der Waals surface area contributed by atoms with Crippen LogP contribution < -0.4 is 14.9 Å². The maximum absolute atomic E-state index is 14.3. The van der Waals surface area contributed by atoms with Crippen molar-refractivity contribution in [3.8, 4) is 0 Å². The number of nitrogens with zero attached hydrogens (tertiary/aromatic N) is 1. The molecule has 260 valence electrons. The number of para-hydroxylation sites is 2. The monoisotopic (exact) mass is 717 g/mol. The molecule has 0 saturated carbocycles. The molecule has 0 aliphatic carbocycles. The molecule has 0 saturated heterocycles. The van der Waals surface area contributed by atoms with Crippen LogP contribution in [0.4, 0.5) is 11.4 Å². The zero-order chi connectivity index (χ0) is 35.8. The van der Waals surface area contributed by atoms with Crippen LogP contribution in [0.2, 0.25) is 5.02 Å². The number of benzene rings is 4. The Morgan fingerprint density at radius 1 is 0.860 bits per heavy atom. The van der Waals surface area contributed by atoms with Crippen LogP contribution in [-0.2, 0) is 51.9 Å². The zero-order valence-electron chi connectivity index (χ0n) is 27.4. The number of anilines is 2. The molecule has 5 rings (SSSR count). The molecule has 2 N–H and O–H groups in total. The van der Waals surface area contributed by atoms with Crippen LogP contribution >= 0.6 is 11.6 Å². The highest BCUT2D eigenvalue weighted by atomic mass is 35.5. The highest BCUT2D eigenvalue weighted by Gasteiger charge is 2.43. The van der Waals surface area contributed by atoms with E-state index in [-0.39, 0.29) is 42.3 Å². The SMILES string of the molecule is Cc1cc(S(=O)(=O)N2c3ccccc3NC(=O)C2CC(=O)NC(CCC(=O)OCc2ccccc2)C(=O)OCc2ccccc2)c(C)cc1Cl. The van der Waals surface area contributed by atoms with Crippen LogP contribution in [0, 0.1) is 13.8 Å². The predicted octanol–water partition coefficient (Wildman–Crippen LogP) is 5.61. The van der Waals surface area contributed by atoms with E-state index in [1.165, 1.54) is 18.2 Å². The van der Waals surface area contributed by atoms with Gasteiger partial charge in [-0.2, -0.15) is 0 Å². The average Bonchev–Trinajstić information content (AvgIpc) is 3.10. The number of aryl methyl sites for hydroxylation is 2. The second-order valence-corrected chi connectivity index (χ2v) is 14.0. The van der Waals surface area contributed by atoms with E-state index in [2.05, 4.69) is 10.6 Å². The van der Waals surface area contributed by atoms with Crippen molar-refractivity contribution >= 4 is 56.8 Å². The minimum Gasteiger partial charge on any atom is -0.461 e. The first-order valence-corrected chi connectivity index (χ1v) is 17.7. The lowest BCUT2D eigenvalue weighted by atomic mass is 10.1. The molecule has 2 amide bonds. The van der Waals surface area contributed by atoms with Crippen LogP contribution in [0.1, 0.15) is 41.5 Å². The highest BCUT2D eigenvalue weighted by molar-refractivity contribution is 7.93. The van der Waals surface area contributed by atoms with E-state index < -0.39 is 52.3 Å². The third kappa shape index (κ3) is 8.68. The lowest BCUT2D eigenvalue weighted by Gasteiger charge is -2.37. The van der Waals surface area contributed by atoms with E-state index in [9.17, 15) is 27.6 Å². The Kier molecular flexibility index (Phi) is 11.6. The highest BCUT2D eigenvalue weighted by Crippen LogP contribution is 2.38. The summed E-state index contributed by atoms with van der Waals surface area (Å²) in [7, 11) is -4.43. The molecule has 1 heterocycles. The number of hydrogen-bond donors (Lipinski definition) is 2. The predicted molar refractivity (Wildman–Crippen MR) is 188 cm³/mol. The topological polar surface area (TPSA) is 148 Å². The summed E-state index contributed by atoms with van der Waals surface area (Å²) in [5.41, 5.74) is 2.77. The van der Waals surface area contributed by atoms with Crippen LogP contribution in [0.5, 0.6) is 0 Å². The first kappa shape index (κ1) is 36.1. The summed E-state index contributed by atoms with van der Waals surface area (Å²) in [6.45, 7) is 3.20. The molecular formula is C37H36ClN3O8S. The van der Waals surface area contributed by atoms with E-state index in [0.717, 1.165) is 9.87 Å². The Hall–Kier alpha value is -5.20. The summed E-state index contributed by atoms with van der Waals surface area (Å²) >= 11 is 6.25. The van der Waals surface area contributed by atoms with E-state index in [1.54, 1.807) is 68.4 Å². The van der Waals surface area contributed by atoms with Gasteiger partial charge in [-0.25, -0.2) is 13.2 Å². The molecule has 0 radical (unpaired) electrons. The minimum absolute atomic E-state index is 0.0321. The molecule has 0 spiro atoms. The number of nitrogens with one attached hydrogen (secondary N) is 2. The molecule has 4 aromatic rings. The fraction of sp³-hybridized carbons (Fsp3) is 0.243. The Morgan fingerprint density at radius 2 is 1.46 bits per heavy atom. The second-order valence-electron chi connectivity index (χ2n) is 11.8. The van der Waals surface area contributed by atoms with Crippen molar-refractivity contribution in [1.29, 1.82) is 0 Å². The van der Waals surface area contributed by atoms with Gasteiger partial charge in [0.05, 0.1) is 22.7 Å². The number of fused-ring (bicyclic) bond motifs is 1. The number of carbonyl (C=O) groups is 4. The summed E-state index contributed by atoms with van der Waals surface area (Å²) in [5.74, 6) is -2.96. The van der Waals surface area contributed by atoms with Gasteiger partial charge in [-0.3, -0.25) is 18.7 Å². The van der Waals surface area contributed by atoms with Gasteiger partial charge >= 0.3 is 11.9 Å². The summed E-state index contributed by atoms with van der Waals surface area (Å²) in [4.78, 5) is 53.0. The van der Waals surface area contributed by atoms with Crippen LogP contribution in [0.3, 0.4) is 0 Å². The molecule has 0 aromatic heterocycles. The first-order chi connectivity index (χ1) is 23.9. The van der Waals surface area contributed by atoms with Gasteiger partial charge in [0.25, 0.3) is 10.0 Å². The summed E-state index contributed by atoms with van der Waals surface area (Å²) in [5, 5.41) is 5.64. The van der Waals surface area contributed by atoms with Gasteiger partial charge in [-0.1, -0.05) is 84.4 Å².